The monoisotopic (exact) mass is 376 g/mol. The molecule has 1 aliphatic rings. The number of rotatable bonds is 5. The van der Waals surface area contributed by atoms with E-state index in [1.165, 1.54) is 11.1 Å². The summed E-state index contributed by atoms with van der Waals surface area (Å²) in [7, 11) is 0. The molecule has 5 nitrogen and oxygen atoms in total. The first-order chi connectivity index (χ1) is 13.6. The highest BCUT2D eigenvalue weighted by Gasteiger charge is 2.27. The van der Waals surface area contributed by atoms with Crippen molar-refractivity contribution in [2.45, 2.75) is 45.6 Å². The number of piperidine rings is 1. The summed E-state index contributed by atoms with van der Waals surface area (Å²) in [5.74, 6) is 1.33. The van der Waals surface area contributed by atoms with Crippen LogP contribution in [0.3, 0.4) is 0 Å². The van der Waals surface area contributed by atoms with Gasteiger partial charge in [0.25, 0.3) is 0 Å². The first-order valence-corrected chi connectivity index (χ1v) is 10.2. The molecule has 1 fully saturated rings. The van der Waals surface area contributed by atoms with E-state index in [4.69, 9.17) is 0 Å². The molecular weight excluding hydrogens is 348 g/mol. The molecule has 1 N–H and O–H groups in total. The van der Waals surface area contributed by atoms with Gasteiger partial charge in [-0.15, -0.1) is 0 Å². The lowest BCUT2D eigenvalue weighted by atomic mass is 9.88. The van der Waals surface area contributed by atoms with Crippen LogP contribution >= 0.6 is 0 Å². The van der Waals surface area contributed by atoms with Crippen molar-refractivity contribution in [3.63, 3.8) is 0 Å². The third kappa shape index (κ3) is 3.99. The smallest absolute Gasteiger partial charge is 0.165 e. The number of benzene rings is 1. The van der Waals surface area contributed by atoms with Crippen molar-refractivity contribution in [3.05, 3.63) is 59.5 Å². The summed E-state index contributed by atoms with van der Waals surface area (Å²) in [6.45, 7) is 5.92. The summed E-state index contributed by atoms with van der Waals surface area (Å²) < 4.78 is 0. The molecule has 0 bridgehead atoms. The molecule has 3 heterocycles. The predicted octanol–water partition coefficient (Wildman–Crippen LogP) is 3.85. The van der Waals surface area contributed by atoms with Gasteiger partial charge in [-0.3, -0.25) is 0 Å². The summed E-state index contributed by atoms with van der Waals surface area (Å²) in [6.07, 6.45) is 5.11. The van der Waals surface area contributed by atoms with E-state index in [0.29, 0.717) is 5.92 Å². The fraction of sp³-hybridized carbons (Fsp3) is 0.435. The van der Waals surface area contributed by atoms with E-state index in [1.54, 1.807) is 6.33 Å². The van der Waals surface area contributed by atoms with E-state index in [2.05, 4.69) is 57.1 Å². The molecule has 5 heteroatoms. The number of aliphatic hydroxyl groups excluding tert-OH is 1. The molecule has 28 heavy (non-hydrogen) atoms. The first-order valence-electron chi connectivity index (χ1n) is 10.2. The lowest BCUT2D eigenvalue weighted by Crippen LogP contribution is -2.38. The van der Waals surface area contributed by atoms with Gasteiger partial charge in [0.15, 0.2) is 5.65 Å². The maximum atomic E-state index is 10.7. The maximum absolute atomic E-state index is 10.7. The van der Waals surface area contributed by atoms with Crippen LogP contribution in [-0.2, 0) is 6.42 Å². The minimum atomic E-state index is -0.240. The molecule has 1 saturated heterocycles. The van der Waals surface area contributed by atoms with Gasteiger partial charge in [-0.1, -0.05) is 30.3 Å². The van der Waals surface area contributed by atoms with Gasteiger partial charge in [0, 0.05) is 18.8 Å². The number of hydrogen-bond donors (Lipinski definition) is 1. The Bertz CT molecular complexity index is 936. The van der Waals surface area contributed by atoms with Gasteiger partial charge < -0.3 is 10.0 Å². The van der Waals surface area contributed by atoms with Gasteiger partial charge in [-0.05, 0) is 62.6 Å². The van der Waals surface area contributed by atoms with E-state index in [-0.39, 0.29) is 6.10 Å². The lowest BCUT2D eigenvalue weighted by Gasteiger charge is -2.35. The summed E-state index contributed by atoms with van der Waals surface area (Å²) in [6, 6.07) is 12.5. The molecule has 0 aliphatic carbocycles. The Hall–Kier alpha value is -2.53. The minimum absolute atomic E-state index is 0.240. The molecule has 2 aromatic heterocycles. The van der Waals surface area contributed by atoms with Crippen LogP contribution in [-0.4, -0.2) is 39.3 Å². The Labute approximate surface area is 166 Å². The van der Waals surface area contributed by atoms with E-state index in [0.717, 1.165) is 61.3 Å². The second-order valence-corrected chi connectivity index (χ2v) is 7.89. The summed E-state index contributed by atoms with van der Waals surface area (Å²) in [4.78, 5) is 15.8. The average molecular weight is 377 g/mol. The van der Waals surface area contributed by atoms with Crippen molar-refractivity contribution in [1.29, 1.82) is 0 Å². The van der Waals surface area contributed by atoms with Gasteiger partial charge in [-0.25, -0.2) is 15.0 Å². The van der Waals surface area contributed by atoms with E-state index in [9.17, 15) is 5.11 Å². The average Bonchev–Trinajstić information content (AvgIpc) is 2.72. The topological polar surface area (TPSA) is 62.1 Å². The Morgan fingerprint density at radius 2 is 1.86 bits per heavy atom. The predicted molar refractivity (Wildman–Crippen MR) is 113 cm³/mol. The van der Waals surface area contributed by atoms with Crippen molar-refractivity contribution in [2.75, 3.05) is 18.0 Å². The minimum Gasteiger partial charge on any atom is -0.393 e. The third-order valence-corrected chi connectivity index (χ3v) is 5.86. The number of aryl methyl sites for hydroxylation is 3. The van der Waals surface area contributed by atoms with Gasteiger partial charge in [-0.2, -0.15) is 0 Å². The largest absolute Gasteiger partial charge is 0.393 e. The number of hydrogen-bond acceptors (Lipinski definition) is 5. The highest BCUT2D eigenvalue weighted by Crippen LogP contribution is 2.31. The molecule has 146 valence electrons. The van der Waals surface area contributed by atoms with Gasteiger partial charge in [0.1, 0.15) is 12.1 Å². The number of anilines is 1. The molecule has 0 saturated carbocycles. The normalized spacial score (nSPS) is 16.5. The van der Waals surface area contributed by atoms with Crippen molar-refractivity contribution in [1.82, 2.24) is 15.0 Å². The Balaban J connectivity index is 1.41. The van der Waals surface area contributed by atoms with Gasteiger partial charge >= 0.3 is 0 Å². The fourth-order valence-corrected chi connectivity index (χ4v) is 4.32. The molecular formula is C23H28N4O. The number of aromatic nitrogens is 3. The second-order valence-electron chi connectivity index (χ2n) is 7.89. The maximum Gasteiger partial charge on any atom is 0.165 e. The molecule has 1 atom stereocenters. The number of fused-ring (bicyclic) bond motifs is 1. The molecule has 1 aromatic carbocycles. The molecule has 0 unspecified atom stereocenters. The first kappa shape index (κ1) is 18.8. The summed E-state index contributed by atoms with van der Waals surface area (Å²) in [5, 5.41) is 11.7. The number of aliphatic hydroxyl groups is 1. The van der Waals surface area contributed by atoms with Gasteiger partial charge in [0.2, 0.25) is 0 Å². The van der Waals surface area contributed by atoms with Crippen LogP contribution < -0.4 is 4.90 Å². The number of nitrogens with zero attached hydrogens (tertiary/aromatic N) is 4. The number of pyridine rings is 1. The zero-order chi connectivity index (χ0) is 19.5. The molecule has 1 aliphatic heterocycles. The van der Waals surface area contributed by atoms with Gasteiger partial charge in [0.05, 0.1) is 11.5 Å². The molecule has 0 amide bonds. The van der Waals surface area contributed by atoms with Crippen molar-refractivity contribution in [3.8, 4) is 0 Å². The fourth-order valence-electron chi connectivity index (χ4n) is 4.32. The molecule has 3 aromatic rings. The quantitative estimate of drug-likeness (QED) is 0.733. The molecule has 0 radical (unpaired) electrons. The zero-order valence-corrected chi connectivity index (χ0v) is 16.7. The van der Waals surface area contributed by atoms with E-state index < -0.39 is 0 Å². The van der Waals surface area contributed by atoms with Crippen LogP contribution in [0.5, 0.6) is 0 Å². The highest BCUT2D eigenvalue weighted by molar-refractivity contribution is 5.90. The molecule has 0 spiro atoms. The summed E-state index contributed by atoms with van der Waals surface area (Å²) >= 11 is 0. The van der Waals surface area contributed by atoms with Crippen molar-refractivity contribution < 1.29 is 5.11 Å². The van der Waals surface area contributed by atoms with Crippen molar-refractivity contribution in [2.24, 2.45) is 5.92 Å². The lowest BCUT2D eigenvalue weighted by molar-refractivity contribution is 0.0850. The third-order valence-electron chi connectivity index (χ3n) is 5.86. The SMILES string of the molecule is Cc1cc(C)c2c(N3CCC([C@@H](O)CCc4ccccc4)CC3)ncnc2n1. The van der Waals surface area contributed by atoms with Crippen LogP contribution in [0.4, 0.5) is 5.82 Å². The van der Waals surface area contributed by atoms with Crippen LogP contribution in [0, 0.1) is 19.8 Å². The van der Waals surface area contributed by atoms with E-state index in [1.807, 2.05) is 13.0 Å². The van der Waals surface area contributed by atoms with Crippen LogP contribution in [0.2, 0.25) is 0 Å². The van der Waals surface area contributed by atoms with Crippen LogP contribution in [0.25, 0.3) is 11.0 Å². The molecule has 4 rings (SSSR count). The van der Waals surface area contributed by atoms with Crippen LogP contribution in [0.15, 0.2) is 42.7 Å². The van der Waals surface area contributed by atoms with Crippen molar-refractivity contribution >= 4 is 16.9 Å². The van der Waals surface area contributed by atoms with E-state index >= 15 is 0 Å². The Morgan fingerprint density at radius 1 is 1.11 bits per heavy atom. The Kier molecular flexibility index (Phi) is 5.53. The second kappa shape index (κ2) is 8.23. The standard InChI is InChI=1S/C23H28N4O/c1-16-14-17(2)26-22-21(16)23(25-15-24-22)27-12-10-19(11-13-27)20(28)9-8-18-6-4-3-5-7-18/h3-7,14-15,19-20,28H,8-13H2,1-2H3/t20-/m0/s1. The van der Waals surface area contributed by atoms with Crippen LogP contribution in [0.1, 0.15) is 36.1 Å². The Morgan fingerprint density at radius 3 is 2.61 bits per heavy atom. The summed E-state index contributed by atoms with van der Waals surface area (Å²) in [5.41, 5.74) is 4.22. The highest BCUT2D eigenvalue weighted by atomic mass is 16.3. The zero-order valence-electron chi connectivity index (χ0n) is 16.7.